The minimum absolute atomic E-state index is 0.0315. The Morgan fingerprint density at radius 3 is 2.20 bits per heavy atom. The topological polar surface area (TPSA) is 149 Å². The quantitative estimate of drug-likeness (QED) is 0.0745. The lowest BCUT2D eigenvalue weighted by Gasteiger charge is -2.19. The fourth-order valence-corrected chi connectivity index (χ4v) is 6.14. The van der Waals surface area contributed by atoms with Gasteiger partial charge in [-0.1, -0.05) is 57.2 Å². The fourth-order valence-electron chi connectivity index (χ4n) is 4.32. The molecule has 0 radical (unpaired) electrons. The highest BCUT2D eigenvalue weighted by atomic mass is 32.1. The molecule has 0 aliphatic heterocycles. The monoisotopic (exact) mass is 662 g/mol. The van der Waals surface area contributed by atoms with Crippen molar-refractivity contribution in [1.29, 1.82) is 0 Å². The molecule has 46 heavy (non-hydrogen) atoms. The van der Waals surface area contributed by atoms with Crippen molar-refractivity contribution in [2.24, 2.45) is 5.10 Å². The van der Waals surface area contributed by atoms with E-state index in [-0.39, 0.29) is 42.7 Å². The molecule has 5 N–H and O–H groups in total. The molecule has 0 atom stereocenters. The molecule has 0 aliphatic rings. The fraction of sp³-hybridized carbons (Fsp3) is 0.294. The van der Waals surface area contributed by atoms with Gasteiger partial charge in [0.25, 0.3) is 17.7 Å². The molecule has 0 aliphatic carbocycles. The lowest BCUT2D eigenvalue weighted by molar-refractivity contribution is 0.0837. The number of thiophene rings is 2. The number of carbonyl (C=O) groups is 3. The maximum Gasteiger partial charge on any atom is 0.281 e. The van der Waals surface area contributed by atoms with E-state index in [1.807, 2.05) is 12.1 Å². The van der Waals surface area contributed by atoms with Gasteiger partial charge in [-0.2, -0.15) is 5.10 Å². The molecule has 0 spiro atoms. The van der Waals surface area contributed by atoms with Crippen LogP contribution in [-0.4, -0.2) is 60.0 Å². The number of rotatable bonds is 13. The van der Waals surface area contributed by atoms with E-state index < -0.39 is 5.91 Å². The van der Waals surface area contributed by atoms with Gasteiger partial charge in [-0.15, -0.1) is 22.7 Å². The van der Waals surface area contributed by atoms with Crippen molar-refractivity contribution in [2.45, 2.75) is 39.7 Å². The lowest BCUT2D eigenvalue weighted by Crippen LogP contribution is -2.27. The van der Waals surface area contributed by atoms with Crippen molar-refractivity contribution in [3.8, 4) is 16.2 Å². The van der Waals surface area contributed by atoms with Crippen molar-refractivity contribution < 1.29 is 29.3 Å². The molecule has 12 heteroatoms. The Bertz CT molecular complexity index is 1690. The summed E-state index contributed by atoms with van der Waals surface area (Å²) in [6.07, 6.45) is 0. The molecule has 2 aromatic heterocycles. The van der Waals surface area contributed by atoms with Gasteiger partial charge in [-0.25, -0.2) is 5.43 Å². The molecule has 4 aromatic rings. The number of aliphatic hydroxyl groups is 1. The number of hydrogen-bond donors (Lipinski definition) is 5. The average Bonchev–Trinajstić information content (AvgIpc) is 3.69. The predicted octanol–water partition coefficient (Wildman–Crippen LogP) is 5.30. The summed E-state index contributed by atoms with van der Waals surface area (Å²) in [6, 6.07) is 18.1. The number of amides is 3. The summed E-state index contributed by atoms with van der Waals surface area (Å²) in [4.78, 5) is 39.1. The van der Waals surface area contributed by atoms with Crippen molar-refractivity contribution in [3.05, 3.63) is 98.1 Å². The summed E-state index contributed by atoms with van der Waals surface area (Å²) in [6.45, 7) is 9.19. The first-order valence-electron chi connectivity index (χ1n) is 14.7. The van der Waals surface area contributed by atoms with Crippen LogP contribution in [0, 0.1) is 0 Å². The third-order valence-corrected chi connectivity index (χ3v) is 9.08. The van der Waals surface area contributed by atoms with Crippen LogP contribution < -0.4 is 16.1 Å². The second-order valence-corrected chi connectivity index (χ2v) is 13.4. The van der Waals surface area contributed by atoms with E-state index in [9.17, 15) is 19.5 Å². The molecule has 3 amide bonds. The third-order valence-electron chi connectivity index (χ3n) is 6.98. The largest absolute Gasteiger partial charge is 0.506 e. The maximum absolute atomic E-state index is 12.8. The SMILES string of the molecule is C/C(=N\NC(=O)c1ccc(C(=O)NCc2ccc(C(=O)NCCOCCO)cc2)s1)c1csc(-c2ccc(C(C)(C)C)cc2)c1O. The summed E-state index contributed by atoms with van der Waals surface area (Å²) >= 11 is 2.44. The molecule has 4 rings (SSSR count). The van der Waals surface area contributed by atoms with E-state index in [2.05, 4.69) is 54.1 Å². The first-order valence-corrected chi connectivity index (χ1v) is 16.4. The summed E-state index contributed by atoms with van der Waals surface area (Å²) in [5, 5.41) is 31.2. The first-order chi connectivity index (χ1) is 22.0. The van der Waals surface area contributed by atoms with Crippen molar-refractivity contribution in [1.82, 2.24) is 16.1 Å². The second kappa shape index (κ2) is 15.8. The van der Waals surface area contributed by atoms with E-state index in [0.717, 1.165) is 27.3 Å². The van der Waals surface area contributed by atoms with Gasteiger partial charge in [0.05, 0.1) is 45.7 Å². The number of aliphatic hydroxyl groups excluding tert-OH is 1. The number of nitrogens with one attached hydrogen (secondary N) is 3. The molecule has 0 saturated carbocycles. The lowest BCUT2D eigenvalue weighted by atomic mass is 9.86. The van der Waals surface area contributed by atoms with Crippen LogP contribution in [0.5, 0.6) is 5.75 Å². The highest BCUT2D eigenvalue weighted by Crippen LogP contribution is 2.39. The molecule has 10 nitrogen and oxygen atoms in total. The number of benzene rings is 2. The molecule has 0 bridgehead atoms. The van der Waals surface area contributed by atoms with Crippen LogP contribution in [0.25, 0.3) is 10.4 Å². The zero-order valence-corrected chi connectivity index (χ0v) is 27.8. The smallest absolute Gasteiger partial charge is 0.281 e. The Hall–Kier alpha value is -4.36. The van der Waals surface area contributed by atoms with Gasteiger partial charge in [0.15, 0.2) is 0 Å². The van der Waals surface area contributed by atoms with Crippen LogP contribution in [0.2, 0.25) is 0 Å². The Balaban J connectivity index is 1.28. The molecule has 2 aromatic carbocycles. The Morgan fingerprint density at radius 2 is 1.54 bits per heavy atom. The number of ether oxygens (including phenoxy) is 1. The van der Waals surface area contributed by atoms with E-state index in [1.54, 1.807) is 48.7 Å². The van der Waals surface area contributed by atoms with Crippen LogP contribution in [-0.2, 0) is 16.7 Å². The first kappa shape index (κ1) is 34.5. The van der Waals surface area contributed by atoms with Crippen molar-refractivity contribution in [2.75, 3.05) is 26.4 Å². The van der Waals surface area contributed by atoms with Crippen LogP contribution in [0.1, 0.15) is 74.1 Å². The van der Waals surface area contributed by atoms with Crippen LogP contribution >= 0.6 is 22.7 Å². The van der Waals surface area contributed by atoms with Crippen molar-refractivity contribution in [3.63, 3.8) is 0 Å². The molecule has 0 saturated heterocycles. The van der Waals surface area contributed by atoms with Gasteiger partial charge >= 0.3 is 0 Å². The van der Waals surface area contributed by atoms with Crippen LogP contribution in [0.4, 0.5) is 0 Å². The molecular formula is C34H38N4O6S2. The van der Waals surface area contributed by atoms with E-state index in [1.165, 1.54) is 16.9 Å². The maximum atomic E-state index is 12.8. The Morgan fingerprint density at radius 1 is 0.870 bits per heavy atom. The zero-order chi connectivity index (χ0) is 33.3. The zero-order valence-electron chi connectivity index (χ0n) is 26.2. The number of aromatic hydroxyl groups is 1. The highest BCUT2D eigenvalue weighted by molar-refractivity contribution is 7.16. The van der Waals surface area contributed by atoms with E-state index in [4.69, 9.17) is 9.84 Å². The molecule has 2 heterocycles. The van der Waals surface area contributed by atoms with Gasteiger partial charge in [0.2, 0.25) is 0 Å². The number of hydrazone groups is 1. The number of nitrogens with zero attached hydrogens (tertiary/aromatic N) is 1. The molecular weight excluding hydrogens is 625 g/mol. The van der Waals surface area contributed by atoms with Gasteiger partial charge in [-0.05, 0) is 53.3 Å². The van der Waals surface area contributed by atoms with Gasteiger partial charge < -0.3 is 25.6 Å². The van der Waals surface area contributed by atoms with Gasteiger partial charge in [-0.3, -0.25) is 14.4 Å². The average molecular weight is 663 g/mol. The standard InChI is InChI=1S/C34H38N4O6S2/c1-21(26-20-45-30(29(26)40)23-9-11-25(12-10-23)34(2,3)4)37-38-33(43)28-14-13-27(46-28)32(42)36-19-22-5-7-24(8-6-22)31(41)35-15-17-44-18-16-39/h5-14,20,39-40H,15-19H2,1-4H3,(H,35,41)(H,36,42)(H,38,43)/b37-21+. The number of hydrogen-bond acceptors (Lipinski definition) is 9. The van der Waals surface area contributed by atoms with Gasteiger partial charge in [0, 0.05) is 24.0 Å². The van der Waals surface area contributed by atoms with Crippen LogP contribution in [0.15, 0.2) is 71.1 Å². The Kier molecular flexibility index (Phi) is 11.8. The van der Waals surface area contributed by atoms with Crippen molar-refractivity contribution >= 4 is 46.1 Å². The molecule has 0 fully saturated rings. The minimum Gasteiger partial charge on any atom is -0.506 e. The third kappa shape index (κ3) is 9.10. The Labute approximate surface area is 276 Å². The normalized spacial score (nSPS) is 11.7. The summed E-state index contributed by atoms with van der Waals surface area (Å²) < 4.78 is 5.12. The van der Waals surface area contributed by atoms with Gasteiger partial charge in [0.1, 0.15) is 5.75 Å². The summed E-state index contributed by atoms with van der Waals surface area (Å²) in [5.41, 5.74) is 6.91. The highest BCUT2D eigenvalue weighted by Gasteiger charge is 2.18. The van der Waals surface area contributed by atoms with Crippen LogP contribution in [0.3, 0.4) is 0 Å². The molecule has 0 unspecified atom stereocenters. The second-order valence-electron chi connectivity index (χ2n) is 11.4. The van der Waals surface area contributed by atoms with E-state index in [0.29, 0.717) is 39.7 Å². The van der Waals surface area contributed by atoms with E-state index >= 15 is 0 Å². The summed E-state index contributed by atoms with van der Waals surface area (Å²) in [7, 11) is 0. The molecule has 242 valence electrons. The minimum atomic E-state index is -0.468. The number of carbonyl (C=O) groups excluding carboxylic acids is 3. The summed E-state index contributed by atoms with van der Waals surface area (Å²) in [5.74, 6) is -0.937. The predicted molar refractivity (Wildman–Crippen MR) is 182 cm³/mol.